The lowest BCUT2D eigenvalue weighted by atomic mass is 10.2. The maximum absolute atomic E-state index is 5.64. The predicted molar refractivity (Wildman–Crippen MR) is 78.8 cm³/mol. The molecule has 0 aliphatic heterocycles. The van der Waals surface area contributed by atoms with Gasteiger partial charge in [-0.25, -0.2) is 0 Å². The highest BCUT2D eigenvalue weighted by Crippen LogP contribution is 2.19. The average Bonchev–Trinajstić information content (AvgIpc) is 2.13. The molecule has 0 amide bonds. The molecule has 0 aliphatic carbocycles. The van der Waals surface area contributed by atoms with Crippen molar-refractivity contribution in [3.8, 4) is 0 Å². The normalized spacial score (nSPS) is 11.2. The van der Waals surface area contributed by atoms with E-state index in [0.717, 1.165) is 11.4 Å². The lowest BCUT2D eigenvalue weighted by Crippen LogP contribution is -2.21. The molecule has 0 bridgehead atoms. The molecule has 0 aliphatic rings. The SMILES string of the molecule is C=C(Nc1cccc(NC(C)C)c1)OC(C)(C)C. The third-order valence-corrected chi connectivity index (χ3v) is 2.03. The number of nitrogens with one attached hydrogen (secondary N) is 2. The van der Waals surface area contributed by atoms with Crippen LogP contribution in [-0.4, -0.2) is 11.6 Å². The van der Waals surface area contributed by atoms with E-state index in [4.69, 9.17) is 4.74 Å². The Morgan fingerprint density at radius 1 is 1.22 bits per heavy atom. The second kappa shape index (κ2) is 5.80. The molecule has 100 valence electrons. The van der Waals surface area contributed by atoms with Crippen LogP contribution in [0.4, 0.5) is 11.4 Å². The van der Waals surface area contributed by atoms with Gasteiger partial charge in [-0.05, 0) is 59.4 Å². The Morgan fingerprint density at radius 2 is 1.83 bits per heavy atom. The molecule has 3 heteroatoms. The van der Waals surface area contributed by atoms with E-state index < -0.39 is 0 Å². The van der Waals surface area contributed by atoms with Gasteiger partial charge in [0, 0.05) is 17.4 Å². The molecule has 0 aromatic heterocycles. The Labute approximate surface area is 110 Å². The van der Waals surface area contributed by atoms with Crippen LogP contribution in [0.2, 0.25) is 0 Å². The molecule has 0 heterocycles. The molecule has 0 saturated carbocycles. The molecular formula is C15H24N2O. The molecule has 0 saturated heterocycles. The summed E-state index contributed by atoms with van der Waals surface area (Å²) in [5.74, 6) is 0.559. The van der Waals surface area contributed by atoms with E-state index in [9.17, 15) is 0 Å². The molecular weight excluding hydrogens is 224 g/mol. The first kappa shape index (κ1) is 14.4. The summed E-state index contributed by atoms with van der Waals surface area (Å²) in [5, 5.41) is 6.51. The Morgan fingerprint density at radius 3 is 2.39 bits per heavy atom. The summed E-state index contributed by atoms with van der Waals surface area (Å²) in [6, 6.07) is 8.48. The predicted octanol–water partition coefficient (Wildman–Crippen LogP) is 4.21. The van der Waals surface area contributed by atoms with Gasteiger partial charge in [0.25, 0.3) is 0 Å². The molecule has 0 spiro atoms. The minimum atomic E-state index is -0.238. The van der Waals surface area contributed by atoms with E-state index in [2.05, 4.69) is 31.1 Å². The van der Waals surface area contributed by atoms with Crippen LogP contribution in [0.5, 0.6) is 0 Å². The minimum absolute atomic E-state index is 0.238. The standard InChI is InChI=1S/C15H24N2O/c1-11(2)16-13-8-7-9-14(10-13)17-12(3)18-15(4,5)6/h7-11,16-17H,3H2,1-2,4-6H3. The van der Waals surface area contributed by atoms with E-state index in [1.54, 1.807) is 0 Å². The average molecular weight is 248 g/mol. The minimum Gasteiger partial charge on any atom is -0.474 e. The first-order valence-electron chi connectivity index (χ1n) is 6.28. The van der Waals surface area contributed by atoms with Crippen molar-refractivity contribution < 1.29 is 4.74 Å². The Hall–Kier alpha value is -1.64. The quantitative estimate of drug-likeness (QED) is 0.766. The molecule has 18 heavy (non-hydrogen) atoms. The number of anilines is 2. The summed E-state index contributed by atoms with van der Waals surface area (Å²) in [7, 11) is 0. The van der Waals surface area contributed by atoms with Crippen molar-refractivity contribution in [1.82, 2.24) is 0 Å². The van der Waals surface area contributed by atoms with Gasteiger partial charge in [-0.2, -0.15) is 0 Å². The van der Waals surface area contributed by atoms with Crippen molar-refractivity contribution in [3.05, 3.63) is 36.7 Å². The van der Waals surface area contributed by atoms with Crippen LogP contribution in [-0.2, 0) is 4.74 Å². The third kappa shape index (κ3) is 5.62. The van der Waals surface area contributed by atoms with Crippen LogP contribution >= 0.6 is 0 Å². The van der Waals surface area contributed by atoms with Crippen LogP contribution in [0.15, 0.2) is 36.7 Å². The molecule has 1 rings (SSSR count). The van der Waals surface area contributed by atoms with E-state index >= 15 is 0 Å². The van der Waals surface area contributed by atoms with Crippen molar-refractivity contribution in [2.45, 2.75) is 46.3 Å². The molecule has 0 unspecified atom stereocenters. The van der Waals surface area contributed by atoms with Crippen molar-refractivity contribution in [3.63, 3.8) is 0 Å². The van der Waals surface area contributed by atoms with E-state index in [-0.39, 0.29) is 5.60 Å². The van der Waals surface area contributed by atoms with Gasteiger partial charge in [-0.15, -0.1) is 0 Å². The van der Waals surface area contributed by atoms with Gasteiger partial charge < -0.3 is 15.4 Å². The monoisotopic (exact) mass is 248 g/mol. The maximum atomic E-state index is 5.64. The van der Waals surface area contributed by atoms with Crippen LogP contribution < -0.4 is 10.6 Å². The zero-order valence-electron chi connectivity index (χ0n) is 12.0. The van der Waals surface area contributed by atoms with Gasteiger partial charge in [0.1, 0.15) is 5.60 Å². The summed E-state index contributed by atoms with van der Waals surface area (Å²) < 4.78 is 5.64. The number of benzene rings is 1. The Balaban J connectivity index is 2.65. The summed E-state index contributed by atoms with van der Waals surface area (Å²) in [4.78, 5) is 0. The largest absolute Gasteiger partial charge is 0.474 e. The number of rotatable bonds is 5. The second-order valence-corrected chi connectivity index (χ2v) is 5.64. The van der Waals surface area contributed by atoms with Crippen LogP contribution in [0.3, 0.4) is 0 Å². The first-order valence-corrected chi connectivity index (χ1v) is 6.28. The zero-order chi connectivity index (χ0) is 13.8. The van der Waals surface area contributed by atoms with Crippen molar-refractivity contribution in [2.75, 3.05) is 10.6 Å². The summed E-state index contributed by atoms with van der Waals surface area (Å²) in [5.41, 5.74) is 1.81. The van der Waals surface area contributed by atoms with Crippen molar-refractivity contribution in [2.24, 2.45) is 0 Å². The smallest absolute Gasteiger partial charge is 0.184 e. The second-order valence-electron chi connectivity index (χ2n) is 5.64. The number of ether oxygens (including phenoxy) is 1. The molecule has 1 aromatic rings. The highest BCUT2D eigenvalue weighted by Gasteiger charge is 2.12. The fourth-order valence-electron chi connectivity index (χ4n) is 1.58. The van der Waals surface area contributed by atoms with Crippen LogP contribution in [0.1, 0.15) is 34.6 Å². The van der Waals surface area contributed by atoms with Gasteiger partial charge in [-0.1, -0.05) is 6.07 Å². The third-order valence-electron chi connectivity index (χ3n) is 2.03. The van der Waals surface area contributed by atoms with Crippen molar-refractivity contribution in [1.29, 1.82) is 0 Å². The molecule has 2 N–H and O–H groups in total. The topological polar surface area (TPSA) is 33.3 Å². The Bertz CT molecular complexity index is 405. The summed E-state index contributed by atoms with van der Waals surface area (Å²) >= 11 is 0. The fourth-order valence-corrected chi connectivity index (χ4v) is 1.58. The van der Waals surface area contributed by atoms with E-state index in [1.807, 2.05) is 45.0 Å². The maximum Gasteiger partial charge on any atom is 0.184 e. The molecule has 0 atom stereocenters. The molecule has 1 aromatic carbocycles. The number of hydrogen-bond acceptors (Lipinski definition) is 3. The molecule has 0 fully saturated rings. The van der Waals surface area contributed by atoms with Gasteiger partial charge in [-0.3, -0.25) is 0 Å². The summed E-state index contributed by atoms with van der Waals surface area (Å²) in [6.45, 7) is 14.1. The van der Waals surface area contributed by atoms with Gasteiger partial charge in [0.2, 0.25) is 0 Å². The highest BCUT2D eigenvalue weighted by atomic mass is 16.5. The van der Waals surface area contributed by atoms with Crippen LogP contribution in [0, 0.1) is 0 Å². The molecule has 0 radical (unpaired) electrons. The fraction of sp³-hybridized carbons (Fsp3) is 0.467. The summed E-state index contributed by atoms with van der Waals surface area (Å²) in [6.07, 6.45) is 0. The number of hydrogen-bond donors (Lipinski definition) is 2. The van der Waals surface area contributed by atoms with Crippen molar-refractivity contribution >= 4 is 11.4 Å². The van der Waals surface area contributed by atoms with Crippen LogP contribution in [0.25, 0.3) is 0 Å². The molecule has 3 nitrogen and oxygen atoms in total. The van der Waals surface area contributed by atoms with Gasteiger partial charge in [0.15, 0.2) is 5.88 Å². The van der Waals surface area contributed by atoms with E-state index in [0.29, 0.717) is 11.9 Å². The lowest BCUT2D eigenvalue weighted by Gasteiger charge is -2.23. The van der Waals surface area contributed by atoms with Gasteiger partial charge in [0.05, 0.1) is 0 Å². The lowest BCUT2D eigenvalue weighted by molar-refractivity contribution is 0.0565. The first-order chi connectivity index (χ1) is 8.26. The van der Waals surface area contributed by atoms with E-state index in [1.165, 1.54) is 0 Å². The Kier molecular flexibility index (Phi) is 4.65. The van der Waals surface area contributed by atoms with Gasteiger partial charge >= 0.3 is 0 Å². The highest BCUT2D eigenvalue weighted by molar-refractivity contribution is 5.58. The zero-order valence-corrected chi connectivity index (χ0v) is 12.0.